The Hall–Kier alpha value is -2.52. The maximum atomic E-state index is 13.3. The number of amides is 4. The molecule has 1 unspecified atom stereocenters. The standard InChI is InChI=1S/C19H25FN4O4/c20-15-4-1-3-14(11-15)13-24-18(26)16(22-19(24)27)12-17(25)21-5-2-6-23-7-9-28-10-8-23/h1,3-4,11,16H,2,5-10,12-13H2,(H,21,25)(H,22,27). The number of nitrogens with one attached hydrogen (secondary N) is 2. The molecule has 0 aliphatic carbocycles. The van der Waals surface area contributed by atoms with Crippen LogP contribution in [0, 0.1) is 5.82 Å². The molecule has 1 aromatic rings. The first-order chi connectivity index (χ1) is 13.5. The second kappa shape index (κ2) is 9.61. The summed E-state index contributed by atoms with van der Waals surface area (Å²) >= 11 is 0. The Morgan fingerprint density at radius 1 is 1.29 bits per heavy atom. The lowest BCUT2D eigenvalue weighted by atomic mass is 10.1. The molecule has 2 fully saturated rings. The van der Waals surface area contributed by atoms with Gasteiger partial charge in [0.2, 0.25) is 5.91 Å². The van der Waals surface area contributed by atoms with Crippen molar-refractivity contribution in [2.24, 2.45) is 0 Å². The first-order valence-electron chi connectivity index (χ1n) is 9.46. The Bertz CT molecular complexity index is 724. The average Bonchev–Trinajstić information content (AvgIpc) is 2.93. The molecular weight excluding hydrogens is 367 g/mol. The molecule has 2 aliphatic heterocycles. The number of ether oxygens (including phenoxy) is 1. The van der Waals surface area contributed by atoms with Crippen LogP contribution in [0.4, 0.5) is 9.18 Å². The van der Waals surface area contributed by atoms with Crippen LogP contribution in [0.2, 0.25) is 0 Å². The number of hydrogen-bond donors (Lipinski definition) is 2. The minimum Gasteiger partial charge on any atom is -0.379 e. The number of benzene rings is 1. The lowest BCUT2D eigenvalue weighted by Crippen LogP contribution is -2.39. The molecule has 2 saturated heterocycles. The fourth-order valence-electron chi connectivity index (χ4n) is 3.30. The van der Waals surface area contributed by atoms with Gasteiger partial charge in [-0.15, -0.1) is 0 Å². The summed E-state index contributed by atoms with van der Waals surface area (Å²) in [6, 6.07) is 4.26. The van der Waals surface area contributed by atoms with E-state index < -0.39 is 23.8 Å². The summed E-state index contributed by atoms with van der Waals surface area (Å²) in [6.07, 6.45) is 0.699. The molecule has 1 atom stereocenters. The van der Waals surface area contributed by atoms with Crippen LogP contribution in [-0.4, -0.2) is 73.1 Å². The molecule has 9 heteroatoms. The number of nitrogens with zero attached hydrogens (tertiary/aromatic N) is 2. The first kappa shape index (κ1) is 20.2. The number of hydrogen-bond acceptors (Lipinski definition) is 5. The summed E-state index contributed by atoms with van der Waals surface area (Å²) < 4.78 is 18.6. The first-order valence-corrected chi connectivity index (χ1v) is 9.46. The lowest BCUT2D eigenvalue weighted by Gasteiger charge is -2.26. The average molecular weight is 392 g/mol. The minimum absolute atomic E-state index is 0.0277. The van der Waals surface area contributed by atoms with Crippen LogP contribution in [0.25, 0.3) is 0 Å². The van der Waals surface area contributed by atoms with Crippen LogP contribution in [-0.2, 0) is 20.9 Å². The summed E-state index contributed by atoms with van der Waals surface area (Å²) in [5.41, 5.74) is 0.511. The topological polar surface area (TPSA) is 91.0 Å². The van der Waals surface area contributed by atoms with Crippen LogP contribution in [0.3, 0.4) is 0 Å². The van der Waals surface area contributed by atoms with Crippen molar-refractivity contribution in [3.05, 3.63) is 35.6 Å². The van der Waals surface area contributed by atoms with Crippen molar-refractivity contribution in [1.82, 2.24) is 20.4 Å². The number of imide groups is 1. The van der Waals surface area contributed by atoms with Gasteiger partial charge in [0.25, 0.3) is 5.91 Å². The molecule has 4 amide bonds. The highest BCUT2D eigenvalue weighted by atomic mass is 19.1. The van der Waals surface area contributed by atoms with E-state index in [1.54, 1.807) is 6.07 Å². The molecule has 2 aliphatic rings. The molecule has 0 saturated carbocycles. The highest BCUT2D eigenvalue weighted by Crippen LogP contribution is 2.14. The zero-order valence-electron chi connectivity index (χ0n) is 15.7. The van der Waals surface area contributed by atoms with E-state index >= 15 is 0 Å². The normalized spacial score (nSPS) is 20.3. The van der Waals surface area contributed by atoms with E-state index in [0.717, 1.165) is 44.2 Å². The van der Waals surface area contributed by atoms with E-state index in [1.807, 2.05) is 0 Å². The molecule has 28 heavy (non-hydrogen) atoms. The van der Waals surface area contributed by atoms with Crippen molar-refractivity contribution in [1.29, 1.82) is 0 Å². The third-order valence-corrected chi connectivity index (χ3v) is 4.80. The molecule has 0 spiro atoms. The predicted octanol–water partition coefficient (Wildman–Crippen LogP) is 0.475. The van der Waals surface area contributed by atoms with Gasteiger partial charge in [0.1, 0.15) is 11.9 Å². The van der Waals surface area contributed by atoms with Crippen LogP contribution in [0.15, 0.2) is 24.3 Å². The van der Waals surface area contributed by atoms with E-state index in [-0.39, 0.29) is 18.9 Å². The quantitative estimate of drug-likeness (QED) is 0.496. The molecule has 152 valence electrons. The van der Waals surface area contributed by atoms with Crippen molar-refractivity contribution in [3.8, 4) is 0 Å². The van der Waals surface area contributed by atoms with E-state index in [1.165, 1.54) is 18.2 Å². The number of carbonyl (C=O) groups excluding carboxylic acids is 3. The lowest BCUT2D eigenvalue weighted by molar-refractivity contribution is -0.131. The van der Waals surface area contributed by atoms with Crippen molar-refractivity contribution in [2.45, 2.75) is 25.4 Å². The van der Waals surface area contributed by atoms with E-state index in [2.05, 4.69) is 15.5 Å². The van der Waals surface area contributed by atoms with Gasteiger partial charge in [-0.3, -0.25) is 19.4 Å². The SMILES string of the molecule is O=C(CC1NC(=O)N(Cc2cccc(F)c2)C1=O)NCCCN1CCOCC1. The van der Waals surface area contributed by atoms with Crippen molar-refractivity contribution in [2.75, 3.05) is 39.4 Å². The Labute approximate surface area is 163 Å². The number of rotatable bonds is 8. The van der Waals surface area contributed by atoms with Gasteiger partial charge >= 0.3 is 6.03 Å². The number of urea groups is 1. The Morgan fingerprint density at radius 3 is 2.82 bits per heavy atom. The zero-order chi connectivity index (χ0) is 19.9. The van der Waals surface area contributed by atoms with Crippen LogP contribution >= 0.6 is 0 Å². The molecular formula is C19H25FN4O4. The van der Waals surface area contributed by atoms with Gasteiger partial charge in [-0.1, -0.05) is 12.1 Å². The molecule has 2 N–H and O–H groups in total. The van der Waals surface area contributed by atoms with Gasteiger partial charge in [0.05, 0.1) is 26.2 Å². The second-order valence-electron chi connectivity index (χ2n) is 6.92. The van der Waals surface area contributed by atoms with Gasteiger partial charge in [-0.05, 0) is 30.7 Å². The highest BCUT2D eigenvalue weighted by Gasteiger charge is 2.38. The Kier molecular flexibility index (Phi) is 6.94. The molecule has 2 heterocycles. The van der Waals surface area contributed by atoms with Gasteiger partial charge in [-0.2, -0.15) is 0 Å². The molecule has 1 aromatic carbocycles. The third-order valence-electron chi connectivity index (χ3n) is 4.80. The summed E-state index contributed by atoms with van der Waals surface area (Å²) in [6.45, 7) is 4.64. The van der Waals surface area contributed by atoms with Crippen LogP contribution < -0.4 is 10.6 Å². The van der Waals surface area contributed by atoms with Crippen molar-refractivity contribution < 1.29 is 23.5 Å². The molecule has 0 radical (unpaired) electrons. The Balaban J connectivity index is 1.40. The third kappa shape index (κ3) is 5.49. The van der Waals surface area contributed by atoms with Crippen LogP contribution in [0.1, 0.15) is 18.4 Å². The summed E-state index contributed by atoms with van der Waals surface area (Å²) in [7, 11) is 0. The number of halogens is 1. The highest BCUT2D eigenvalue weighted by molar-refractivity contribution is 6.05. The molecule has 0 bridgehead atoms. The molecule has 8 nitrogen and oxygen atoms in total. The van der Waals surface area contributed by atoms with Crippen LogP contribution in [0.5, 0.6) is 0 Å². The van der Waals surface area contributed by atoms with Gasteiger partial charge in [0.15, 0.2) is 0 Å². The maximum absolute atomic E-state index is 13.3. The van der Waals surface area contributed by atoms with Gasteiger partial charge in [0, 0.05) is 19.6 Å². The monoisotopic (exact) mass is 392 g/mol. The predicted molar refractivity (Wildman–Crippen MR) is 98.8 cm³/mol. The largest absolute Gasteiger partial charge is 0.379 e. The fourth-order valence-corrected chi connectivity index (χ4v) is 3.30. The van der Waals surface area contributed by atoms with Crippen molar-refractivity contribution in [3.63, 3.8) is 0 Å². The summed E-state index contributed by atoms with van der Waals surface area (Å²) in [4.78, 5) is 39.9. The fraction of sp³-hybridized carbons (Fsp3) is 0.526. The van der Waals surface area contributed by atoms with Gasteiger partial charge in [-0.25, -0.2) is 9.18 Å². The molecule has 0 aromatic heterocycles. The van der Waals surface area contributed by atoms with Gasteiger partial charge < -0.3 is 15.4 Å². The summed E-state index contributed by atoms with van der Waals surface area (Å²) in [5, 5.41) is 5.31. The molecule has 3 rings (SSSR count). The van der Waals surface area contributed by atoms with E-state index in [4.69, 9.17) is 4.74 Å². The van der Waals surface area contributed by atoms with E-state index in [9.17, 15) is 18.8 Å². The number of morpholine rings is 1. The maximum Gasteiger partial charge on any atom is 0.325 e. The number of carbonyl (C=O) groups is 3. The smallest absolute Gasteiger partial charge is 0.325 e. The second-order valence-corrected chi connectivity index (χ2v) is 6.92. The Morgan fingerprint density at radius 2 is 2.07 bits per heavy atom. The van der Waals surface area contributed by atoms with Crippen molar-refractivity contribution >= 4 is 17.8 Å². The minimum atomic E-state index is -0.889. The zero-order valence-corrected chi connectivity index (χ0v) is 15.7. The van der Waals surface area contributed by atoms with E-state index in [0.29, 0.717) is 12.1 Å². The summed E-state index contributed by atoms with van der Waals surface area (Å²) in [5.74, 6) is -1.19.